The standard InChI is InChI=1S/C16H22FNO4/c1-2-3-4-9-22-12-15(19)18(11-16(20)21)10-13-5-7-14(17)8-6-13/h5-8H,2-4,9-12H2,1H3,(H,20,21). The van der Waals surface area contributed by atoms with E-state index in [-0.39, 0.29) is 24.9 Å². The minimum Gasteiger partial charge on any atom is -0.480 e. The molecule has 0 radical (unpaired) electrons. The molecule has 0 aliphatic carbocycles. The van der Waals surface area contributed by atoms with Crippen LogP contribution in [-0.4, -0.2) is 41.6 Å². The molecule has 0 aliphatic heterocycles. The van der Waals surface area contributed by atoms with Crippen molar-refractivity contribution >= 4 is 11.9 Å². The topological polar surface area (TPSA) is 66.8 Å². The van der Waals surface area contributed by atoms with Crippen molar-refractivity contribution in [2.24, 2.45) is 0 Å². The predicted octanol–water partition coefficient (Wildman–Crippen LogP) is 2.45. The van der Waals surface area contributed by atoms with Crippen molar-refractivity contribution < 1.29 is 23.8 Å². The summed E-state index contributed by atoms with van der Waals surface area (Å²) in [5.74, 6) is -1.86. The molecule has 0 saturated heterocycles. The van der Waals surface area contributed by atoms with Crippen LogP contribution in [0.1, 0.15) is 31.7 Å². The highest BCUT2D eigenvalue weighted by atomic mass is 19.1. The van der Waals surface area contributed by atoms with Crippen LogP contribution in [0.2, 0.25) is 0 Å². The minimum absolute atomic E-state index is 0.115. The second kappa shape index (κ2) is 9.89. The molecule has 0 aliphatic rings. The molecule has 5 nitrogen and oxygen atoms in total. The first-order valence-electron chi connectivity index (χ1n) is 7.34. The van der Waals surface area contributed by atoms with Gasteiger partial charge in [0.2, 0.25) is 5.91 Å². The van der Waals surface area contributed by atoms with Gasteiger partial charge in [-0.15, -0.1) is 0 Å². The molecule has 1 rings (SSSR count). The van der Waals surface area contributed by atoms with E-state index in [1.807, 2.05) is 0 Å². The third-order valence-electron chi connectivity index (χ3n) is 3.08. The van der Waals surface area contributed by atoms with Gasteiger partial charge < -0.3 is 14.7 Å². The van der Waals surface area contributed by atoms with Gasteiger partial charge in [-0.1, -0.05) is 31.9 Å². The maximum atomic E-state index is 12.9. The van der Waals surface area contributed by atoms with E-state index in [0.29, 0.717) is 12.2 Å². The number of unbranched alkanes of at least 4 members (excludes halogenated alkanes) is 2. The van der Waals surface area contributed by atoms with E-state index in [0.717, 1.165) is 19.3 Å². The fourth-order valence-corrected chi connectivity index (χ4v) is 1.91. The maximum absolute atomic E-state index is 12.9. The number of nitrogens with zero attached hydrogens (tertiary/aromatic N) is 1. The van der Waals surface area contributed by atoms with Crippen molar-refractivity contribution in [3.63, 3.8) is 0 Å². The average molecular weight is 311 g/mol. The zero-order valence-electron chi connectivity index (χ0n) is 12.8. The number of halogens is 1. The number of hydrogen-bond acceptors (Lipinski definition) is 3. The molecule has 122 valence electrons. The van der Waals surface area contributed by atoms with Gasteiger partial charge in [-0.2, -0.15) is 0 Å². The average Bonchev–Trinajstić information content (AvgIpc) is 2.48. The monoisotopic (exact) mass is 311 g/mol. The zero-order chi connectivity index (χ0) is 16.4. The van der Waals surface area contributed by atoms with Crippen LogP contribution in [0.15, 0.2) is 24.3 Å². The Balaban J connectivity index is 2.53. The highest BCUT2D eigenvalue weighted by Gasteiger charge is 2.17. The van der Waals surface area contributed by atoms with E-state index in [9.17, 15) is 14.0 Å². The summed E-state index contributed by atoms with van der Waals surface area (Å²) in [6.45, 7) is 2.12. The van der Waals surface area contributed by atoms with Crippen molar-refractivity contribution in [2.75, 3.05) is 19.8 Å². The van der Waals surface area contributed by atoms with Crippen LogP contribution in [0.3, 0.4) is 0 Å². The number of carbonyl (C=O) groups excluding carboxylic acids is 1. The third kappa shape index (κ3) is 7.17. The second-order valence-corrected chi connectivity index (χ2v) is 5.03. The van der Waals surface area contributed by atoms with Crippen molar-refractivity contribution in [1.82, 2.24) is 4.90 Å². The van der Waals surface area contributed by atoms with Crippen molar-refractivity contribution in [3.8, 4) is 0 Å². The van der Waals surface area contributed by atoms with Crippen molar-refractivity contribution in [2.45, 2.75) is 32.7 Å². The predicted molar refractivity (Wildman–Crippen MR) is 79.8 cm³/mol. The number of carbonyl (C=O) groups is 2. The van der Waals surface area contributed by atoms with Gasteiger partial charge in [0.15, 0.2) is 0 Å². The second-order valence-electron chi connectivity index (χ2n) is 5.03. The summed E-state index contributed by atoms with van der Waals surface area (Å²) in [6, 6.07) is 5.61. The Morgan fingerprint density at radius 3 is 2.50 bits per heavy atom. The van der Waals surface area contributed by atoms with E-state index in [2.05, 4.69) is 6.92 Å². The molecule has 22 heavy (non-hydrogen) atoms. The molecule has 0 bridgehead atoms. The van der Waals surface area contributed by atoms with Crippen LogP contribution in [-0.2, 0) is 20.9 Å². The summed E-state index contributed by atoms with van der Waals surface area (Å²) in [5, 5.41) is 8.90. The van der Waals surface area contributed by atoms with Crippen LogP contribution in [0.25, 0.3) is 0 Å². The molecule has 1 aromatic rings. The van der Waals surface area contributed by atoms with Gasteiger partial charge in [-0.3, -0.25) is 9.59 Å². The van der Waals surface area contributed by atoms with Crippen LogP contribution in [0, 0.1) is 5.82 Å². The van der Waals surface area contributed by atoms with E-state index in [1.165, 1.54) is 29.2 Å². The lowest BCUT2D eigenvalue weighted by molar-refractivity contribution is -0.147. The lowest BCUT2D eigenvalue weighted by Crippen LogP contribution is -2.37. The first-order valence-corrected chi connectivity index (χ1v) is 7.34. The Kier molecular flexibility index (Phi) is 8.14. The lowest BCUT2D eigenvalue weighted by Gasteiger charge is -2.21. The summed E-state index contributed by atoms with van der Waals surface area (Å²) in [5.41, 5.74) is 0.669. The van der Waals surface area contributed by atoms with Gasteiger partial charge in [-0.25, -0.2) is 4.39 Å². The minimum atomic E-state index is -1.10. The Labute approximate surface area is 129 Å². The van der Waals surface area contributed by atoms with Gasteiger partial charge in [0.1, 0.15) is 19.0 Å². The summed E-state index contributed by atoms with van der Waals surface area (Å²) in [6.07, 6.45) is 2.97. The van der Waals surface area contributed by atoms with E-state index >= 15 is 0 Å². The molecule has 1 N–H and O–H groups in total. The van der Waals surface area contributed by atoms with Crippen LogP contribution in [0.5, 0.6) is 0 Å². The lowest BCUT2D eigenvalue weighted by atomic mass is 10.2. The summed E-state index contributed by atoms with van der Waals surface area (Å²) < 4.78 is 18.1. The van der Waals surface area contributed by atoms with Crippen LogP contribution in [0.4, 0.5) is 4.39 Å². The molecule has 0 heterocycles. The number of benzene rings is 1. The van der Waals surface area contributed by atoms with Crippen molar-refractivity contribution in [1.29, 1.82) is 0 Å². The zero-order valence-corrected chi connectivity index (χ0v) is 12.8. The number of carboxylic acids is 1. The van der Waals surface area contributed by atoms with Gasteiger partial charge in [0.05, 0.1) is 0 Å². The number of amides is 1. The Hall–Kier alpha value is -1.95. The summed E-state index contributed by atoms with van der Waals surface area (Å²) in [4.78, 5) is 24.1. The number of hydrogen-bond donors (Lipinski definition) is 1. The molecule has 0 saturated carbocycles. The number of ether oxygens (including phenoxy) is 1. The molecule has 1 aromatic carbocycles. The van der Waals surface area contributed by atoms with E-state index in [1.54, 1.807) is 0 Å². The number of rotatable bonds is 10. The Morgan fingerprint density at radius 1 is 1.23 bits per heavy atom. The fraction of sp³-hybridized carbons (Fsp3) is 0.500. The summed E-state index contributed by atoms with van der Waals surface area (Å²) >= 11 is 0. The molecule has 0 fully saturated rings. The molecular weight excluding hydrogens is 289 g/mol. The normalized spacial score (nSPS) is 10.5. The van der Waals surface area contributed by atoms with Gasteiger partial charge in [0.25, 0.3) is 0 Å². The third-order valence-corrected chi connectivity index (χ3v) is 3.08. The molecule has 0 atom stereocenters. The molecule has 6 heteroatoms. The Morgan fingerprint density at radius 2 is 1.91 bits per heavy atom. The van der Waals surface area contributed by atoms with Gasteiger partial charge in [-0.05, 0) is 24.1 Å². The van der Waals surface area contributed by atoms with Crippen LogP contribution >= 0.6 is 0 Å². The maximum Gasteiger partial charge on any atom is 0.323 e. The van der Waals surface area contributed by atoms with Crippen molar-refractivity contribution in [3.05, 3.63) is 35.6 Å². The first kappa shape index (κ1) is 18.1. The van der Waals surface area contributed by atoms with Crippen LogP contribution < -0.4 is 0 Å². The molecule has 0 aromatic heterocycles. The largest absolute Gasteiger partial charge is 0.480 e. The Bertz CT molecular complexity index is 476. The number of aliphatic carboxylic acids is 1. The highest BCUT2D eigenvalue weighted by Crippen LogP contribution is 2.07. The first-order chi connectivity index (χ1) is 10.5. The molecule has 1 amide bonds. The molecule has 0 spiro atoms. The molecule has 0 unspecified atom stereocenters. The smallest absolute Gasteiger partial charge is 0.323 e. The highest BCUT2D eigenvalue weighted by molar-refractivity contribution is 5.82. The van der Waals surface area contributed by atoms with E-state index in [4.69, 9.17) is 9.84 Å². The van der Waals surface area contributed by atoms with E-state index < -0.39 is 12.5 Å². The van der Waals surface area contributed by atoms with Gasteiger partial charge >= 0.3 is 5.97 Å². The quantitative estimate of drug-likeness (QED) is 0.674. The fourth-order valence-electron chi connectivity index (χ4n) is 1.91. The van der Waals surface area contributed by atoms with Gasteiger partial charge in [0, 0.05) is 13.2 Å². The number of carboxylic acid groups (broad SMARTS) is 1. The molecular formula is C16H22FNO4. The summed E-state index contributed by atoms with van der Waals surface area (Å²) in [7, 11) is 0. The SMILES string of the molecule is CCCCCOCC(=O)N(CC(=O)O)Cc1ccc(F)cc1.